The number of nitrogens with zero attached hydrogens (tertiary/aromatic N) is 1. The summed E-state index contributed by atoms with van der Waals surface area (Å²) in [5, 5.41) is 9.21. The quantitative estimate of drug-likeness (QED) is 0.311. The topological polar surface area (TPSA) is 86.7 Å². The number of likely N-dealkylation sites (tertiary alicyclic amines) is 1. The maximum Gasteiger partial charge on any atom is 0.307 e. The van der Waals surface area contributed by atoms with Crippen molar-refractivity contribution in [3.05, 3.63) is 76.9 Å². The summed E-state index contributed by atoms with van der Waals surface area (Å²) in [5.74, 6) is 2.05. The molecule has 0 unspecified atom stereocenters. The van der Waals surface area contributed by atoms with Crippen LogP contribution in [0.1, 0.15) is 28.7 Å². The second-order valence-electron chi connectivity index (χ2n) is 9.37. The van der Waals surface area contributed by atoms with E-state index in [0.29, 0.717) is 48.3 Å². The molecule has 3 aromatic carbocycles. The van der Waals surface area contributed by atoms with Crippen LogP contribution in [0.25, 0.3) is 12.2 Å². The minimum atomic E-state index is -0.707. The third-order valence-corrected chi connectivity index (χ3v) is 6.79. The van der Waals surface area contributed by atoms with E-state index in [-0.39, 0.29) is 5.92 Å². The average molecular weight is 534 g/mol. The summed E-state index contributed by atoms with van der Waals surface area (Å²) in [6, 6.07) is 17.8. The van der Waals surface area contributed by atoms with Gasteiger partial charge in [-0.3, -0.25) is 9.69 Å². The number of benzene rings is 3. The molecule has 1 atom stereocenters. The Bertz CT molecular complexity index is 1280. The number of carbonyl (C=O) groups is 1. The van der Waals surface area contributed by atoms with Crippen molar-refractivity contribution < 1.29 is 33.6 Å². The normalized spacial score (nSPS) is 15.3. The molecule has 39 heavy (non-hydrogen) atoms. The maximum atomic E-state index is 11.2. The first kappa shape index (κ1) is 27.9. The molecule has 0 aliphatic carbocycles. The molecule has 0 amide bonds. The highest BCUT2D eigenvalue weighted by Gasteiger charge is 2.27. The average Bonchev–Trinajstić information content (AvgIpc) is 3.44. The number of rotatable bonds is 12. The minimum absolute atomic E-state index is 0.264. The predicted octanol–water partition coefficient (Wildman–Crippen LogP) is 5.38. The molecule has 3 aromatic rings. The zero-order valence-corrected chi connectivity index (χ0v) is 22.8. The van der Waals surface area contributed by atoms with Crippen LogP contribution in [0.2, 0.25) is 0 Å². The highest BCUT2D eigenvalue weighted by Crippen LogP contribution is 2.39. The molecule has 1 saturated heterocycles. The lowest BCUT2D eigenvalue weighted by molar-refractivity contribution is -0.141. The molecular formula is C31H35NO7. The molecule has 0 bridgehead atoms. The van der Waals surface area contributed by atoms with Crippen molar-refractivity contribution in [3.8, 4) is 28.7 Å². The van der Waals surface area contributed by atoms with Gasteiger partial charge in [0, 0.05) is 13.1 Å². The fourth-order valence-electron chi connectivity index (χ4n) is 4.64. The van der Waals surface area contributed by atoms with Crippen LogP contribution in [0.5, 0.6) is 28.7 Å². The lowest BCUT2D eigenvalue weighted by Gasteiger charge is -2.16. The van der Waals surface area contributed by atoms with Crippen LogP contribution in [0, 0.1) is 5.92 Å². The monoisotopic (exact) mass is 533 g/mol. The summed E-state index contributed by atoms with van der Waals surface area (Å²) in [5.41, 5.74) is 4.03. The van der Waals surface area contributed by atoms with Gasteiger partial charge < -0.3 is 28.8 Å². The number of carboxylic acid groups (broad SMARTS) is 1. The van der Waals surface area contributed by atoms with E-state index in [1.54, 1.807) is 28.4 Å². The van der Waals surface area contributed by atoms with Crippen LogP contribution < -0.4 is 23.7 Å². The van der Waals surface area contributed by atoms with Gasteiger partial charge >= 0.3 is 5.97 Å². The zero-order chi connectivity index (χ0) is 27.8. The number of methoxy groups -OCH3 is 4. The lowest BCUT2D eigenvalue weighted by atomic mass is 10.1. The first-order chi connectivity index (χ1) is 18.9. The molecule has 8 nitrogen and oxygen atoms in total. The Labute approximate surface area is 229 Å². The number of aliphatic carboxylic acids is 1. The Morgan fingerprint density at radius 3 is 2.03 bits per heavy atom. The summed E-state index contributed by atoms with van der Waals surface area (Å²) >= 11 is 0. The fourth-order valence-corrected chi connectivity index (χ4v) is 4.64. The van der Waals surface area contributed by atoms with E-state index >= 15 is 0 Å². The first-order valence-electron chi connectivity index (χ1n) is 12.8. The predicted molar refractivity (Wildman–Crippen MR) is 150 cm³/mol. The lowest BCUT2D eigenvalue weighted by Crippen LogP contribution is -2.22. The largest absolute Gasteiger partial charge is 0.493 e. The fraction of sp³-hybridized carbons (Fsp3) is 0.323. The Morgan fingerprint density at radius 2 is 1.44 bits per heavy atom. The third-order valence-electron chi connectivity index (χ3n) is 6.79. The smallest absolute Gasteiger partial charge is 0.307 e. The molecule has 0 aromatic heterocycles. The summed E-state index contributed by atoms with van der Waals surface area (Å²) in [7, 11) is 6.39. The van der Waals surface area contributed by atoms with E-state index in [0.717, 1.165) is 35.3 Å². The highest BCUT2D eigenvalue weighted by molar-refractivity contribution is 5.73. The molecule has 206 valence electrons. The molecule has 4 rings (SSSR count). The Kier molecular flexibility index (Phi) is 9.33. The number of hydrogen-bond acceptors (Lipinski definition) is 7. The summed E-state index contributed by atoms with van der Waals surface area (Å²) in [6.45, 7) is 2.55. The standard InChI is InChI=1S/C31H35NO7/c1-35-26-12-11-21(5-10-24-16-28(36-2)30(38-4)29(17-24)37-3)15-27(26)39-20-23-8-6-22(7-9-23)18-32-14-13-25(19-32)31(33)34/h5-12,15-17,25H,13-14,18-20H2,1-4H3,(H,33,34)/b10-5-/t25-/m1/s1. The second-order valence-corrected chi connectivity index (χ2v) is 9.37. The number of ether oxygens (including phenoxy) is 5. The first-order valence-corrected chi connectivity index (χ1v) is 12.8. The van der Waals surface area contributed by atoms with Gasteiger partial charge in [0.05, 0.1) is 34.4 Å². The Hall–Kier alpha value is -4.17. The van der Waals surface area contributed by atoms with Gasteiger partial charge in [-0.25, -0.2) is 0 Å². The summed E-state index contributed by atoms with van der Waals surface area (Å²) in [4.78, 5) is 13.4. The summed E-state index contributed by atoms with van der Waals surface area (Å²) in [6.07, 6.45) is 4.66. The van der Waals surface area contributed by atoms with Crippen LogP contribution >= 0.6 is 0 Å². The zero-order valence-electron chi connectivity index (χ0n) is 22.8. The van der Waals surface area contributed by atoms with E-state index in [2.05, 4.69) is 17.0 Å². The molecule has 0 radical (unpaired) electrons. The van der Waals surface area contributed by atoms with Crippen LogP contribution in [-0.2, 0) is 17.9 Å². The van der Waals surface area contributed by atoms with Crippen molar-refractivity contribution in [1.29, 1.82) is 0 Å². The molecule has 1 N–H and O–H groups in total. The van der Waals surface area contributed by atoms with Crippen molar-refractivity contribution in [3.63, 3.8) is 0 Å². The van der Waals surface area contributed by atoms with E-state index in [1.165, 1.54) is 0 Å². The maximum absolute atomic E-state index is 11.2. The molecule has 1 aliphatic heterocycles. The minimum Gasteiger partial charge on any atom is -0.493 e. The van der Waals surface area contributed by atoms with Gasteiger partial charge in [0.2, 0.25) is 5.75 Å². The highest BCUT2D eigenvalue weighted by atomic mass is 16.5. The van der Waals surface area contributed by atoms with E-state index < -0.39 is 5.97 Å². The number of carboxylic acids is 1. The molecule has 0 spiro atoms. The van der Waals surface area contributed by atoms with Gasteiger partial charge in [0.1, 0.15) is 6.61 Å². The molecule has 8 heteroatoms. The van der Waals surface area contributed by atoms with Gasteiger partial charge in [0.25, 0.3) is 0 Å². The van der Waals surface area contributed by atoms with Crippen molar-refractivity contribution in [1.82, 2.24) is 4.90 Å². The van der Waals surface area contributed by atoms with Crippen LogP contribution in [0.15, 0.2) is 54.6 Å². The van der Waals surface area contributed by atoms with Crippen molar-refractivity contribution in [2.45, 2.75) is 19.6 Å². The van der Waals surface area contributed by atoms with E-state index in [9.17, 15) is 9.90 Å². The molecule has 1 fully saturated rings. The van der Waals surface area contributed by atoms with Crippen LogP contribution in [0.4, 0.5) is 0 Å². The molecular weight excluding hydrogens is 498 g/mol. The Morgan fingerprint density at radius 1 is 0.821 bits per heavy atom. The molecule has 0 saturated carbocycles. The Balaban J connectivity index is 1.41. The van der Waals surface area contributed by atoms with Crippen LogP contribution in [-0.4, -0.2) is 57.5 Å². The third kappa shape index (κ3) is 7.03. The van der Waals surface area contributed by atoms with Gasteiger partial charge in [-0.1, -0.05) is 42.5 Å². The van der Waals surface area contributed by atoms with Gasteiger partial charge in [-0.2, -0.15) is 0 Å². The summed E-state index contributed by atoms with van der Waals surface area (Å²) < 4.78 is 27.9. The second kappa shape index (κ2) is 13.1. The van der Waals surface area contributed by atoms with Gasteiger partial charge in [-0.15, -0.1) is 0 Å². The van der Waals surface area contributed by atoms with Crippen molar-refractivity contribution in [2.24, 2.45) is 5.92 Å². The van der Waals surface area contributed by atoms with E-state index in [4.69, 9.17) is 23.7 Å². The van der Waals surface area contributed by atoms with Crippen LogP contribution in [0.3, 0.4) is 0 Å². The van der Waals surface area contributed by atoms with Gasteiger partial charge in [-0.05, 0) is 59.5 Å². The molecule has 1 aliphatic rings. The van der Waals surface area contributed by atoms with Crippen molar-refractivity contribution in [2.75, 3.05) is 41.5 Å². The SMILES string of the molecule is COc1ccc(/C=C\c2cc(OC)c(OC)c(OC)c2)cc1OCc1ccc(CN2CC[C@@H](C(=O)O)C2)cc1. The molecule has 1 heterocycles. The number of hydrogen-bond donors (Lipinski definition) is 1. The van der Waals surface area contributed by atoms with E-state index in [1.807, 2.05) is 54.6 Å². The van der Waals surface area contributed by atoms with Gasteiger partial charge in [0.15, 0.2) is 23.0 Å². The van der Waals surface area contributed by atoms with Crippen molar-refractivity contribution >= 4 is 18.1 Å².